The predicted octanol–water partition coefficient (Wildman–Crippen LogP) is 7.48. The summed E-state index contributed by atoms with van der Waals surface area (Å²) in [5.74, 6) is 0. The van der Waals surface area contributed by atoms with E-state index in [1.165, 1.54) is 21.9 Å². The first-order valence-corrected chi connectivity index (χ1v) is 10.4. The Labute approximate surface area is 180 Å². The van der Waals surface area contributed by atoms with E-state index in [-0.39, 0.29) is 0 Å². The normalized spacial score (nSPS) is 11.5. The zero-order valence-corrected chi connectivity index (χ0v) is 17.4. The highest BCUT2D eigenvalue weighted by atomic mass is 16.3. The second-order valence-corrected chi connectivity index (χ2v) is 8.17. The molecule has 0 unspecified atom stereocenters. The maximum Gasteiger partial charge on any atom is 0.160 e. The Morgan fingerprint density at radius 2 is 1.52 bits per heavy atom. The van der Waals surface area contributed by atoms with Crippen LogP contribution in [0, 0.1) is 13.8 Å². The van der Waals surface area contributed by atoms with Crippen LogP contribution in [0.5, 0.6) is 0 Å². The van der Waals surface area contributed by atoms with Crippen LogP contribution < -0.4 is 0 Å². The Kier molecular flexibility index (Phi) is 3.90. The first-order chi connectivity index (χ1) is 15.2. The van der Waals surface area contributed by atoms with Crippen molar-refractivity contribution in [1.29, 1.82) is 0 Å². The van der Waals surface area contributed by atoms with Crippen LogP contribution in [0.3, 0.4) is 0 Å². The molecule has 0 N–H and O–H groups in total. The number of aromatic nitrogens is 2. The third-order valence-electron chi connectivity index (χ3n) is 5.89. The standard InChI is InChI=1S/C28H20N2O/c1-17-3-4-20-13-21(6-5-19(20)11-17)22-7-9-29-26(15-22)24-14-23-8-10-31-28(23)27-25(24)12-18(2)16-30-27/h3-16H,1-2H3. The molecular formula is C28H20N2O. The maximum atomic E-state index is 5.72. The van der Waals surface area contributed by atoms with E-state index in [9.17, 15) is 0 Å². The van der Waals surface area contributed by atoms with Gasteiger partial charge in [0.25, 0.3) is 0 Å². The lowest BCUT2D eigenvalue weighted by Gasteiger charge is -2.10. The van der Waals surface area contributed by atoms with Gasteiger partial charge in [-0.2, -0.15) is 0 Å². The summed E-state index contributed by atoms with van der Waals surface area (Å²) in [7, 11) is 0. The van der Waals surface area contributed by atoms with E-state index in [1.807, 2.05) is 18.5 Å². The summed E-state index contributed by atoms with van der Waals surface area (Å²) in [4.78, 5) is 9.39. The highest BCUT2D eigenvalue weighted by Gasteiger charge is 2.14. The van der Waals surface area contributed by atoms with Gasteiger partial charge in [0.1, 0.15) is 5.52 Å². The second kappa shape index (κ2) is 6.78. The van der Waals surface area contributed by atoms with E-state index in [0.717, 1.165) is 44.3 Å². The number of furan rings is 1. The average molecular weight is 400 g/mol. The van der Waals surface area contributed by atoms with Gasteiger partial charge in [-0.05, 0) is 77.7 Å². The van der Waals surface area contributed by atoms with Gasteiger partial charge in [0.15, 0.2) is 5.58 Å². The molecule has 0 bridgehead atoms. The lowest BCUT2D eigenvalue weighted by atomic mass is 9.97. The van der Waals surface area contributed by atoms with Crippen molar-refractivity contribution >= 4 is 32.6 Å². The molecule has 0 fully saturated rings. The number of hydrogen-bond donors (Lipinski definition) is 0. The van der Waals surface area contributed by atoms with Crippen LogP contribution in [0.4, 0.5) is 0 Å². The molecule has 3 heteroatoms. The first kappa shape index (κ1) is 17.8. The van der Waals surface area contributed by atoms with Crippen LogP contribution in [-0.2, 0) is 0 Å². The largest absolute Gasteiger partial charge is 0.462 e. The number of hydrogen-bond acceptors (Lipinski definition) is 3. The third kappa shape index (κ3) is 2.98. The lowest BCUT2D eigenvalue weighted by molar-refractivity contribution is 0.618. The van der Waals surface area contributed by atoms with Crippen molar-refractivity contribution in [2.45, 2.75) is 13.8 Å². The van der Waals surface area contributed by atoms with Crippen LogP contribution in [0.15, 0.2) is 89.8 Å². The highest BCUT2D eigenvalue weighted by Crippen LogP contribution is 2.35. The molecule has 0 radical (unpaired) electrons. The summed E-state index contributed by atoms with van der Waals surface area (Å²) in [6.07, 6.45) is 5.49. The van der Waals surface area contributed by atoms with Crippen molar-refractivity contribution in [3.05, 3.63) is 96.5 Å². The summed E-state index contributed by atoms with van der Waals surface area (Å²) >= 11 is 0. The molecule has 0 amide bonds. The average Bonchev–Trinajstić information content (AvgIpc) is 3.27. The van der Waals surface area contributed by atoms with Crippen molar-refractivity contribution in [2.24, 2.45) is 0 Å². The van der Waals surface area contributed by atoms with Crippen LogP contribution in [-0.4, -0.2) is 9.97 Å². The molecule has 6 aromatic rings. The Morgan fingerprint density at radius 1 is 0.677 bits per heavy atom. The smallest absolute Gasteiger partial charge is 0.160 e. The molecule has 0 aliphatic carbocycles. The highest BCUT2D eigenvalue weighted by molar-refractivity contribution is 6.09. The van der Waals surface area contributed by atoms with E-state index in [0.29, 0.717) is 0 Å². The van der Waals surface area contributed by atoms with Gasteiger partial charge in [-0.1, -0.05) is 35.9 Å². The maximum absolute atomic E-state index is 5.72. The Morgan fingerprint density at radius 3 is 2.45 bits per heavy atom. The number of pyridine rings is 2. The fourth-order valence-electron chi connectivity index (χ4n) is 4.33. The molecule has 0 spiro atoms. The molecule has 31 heavy (non-hydrogen) atoms. The molecule has 0 saturated carbocycles. The van der Waals surface area contributed by atoms with Crippen LogP contribution in [0.25, 0.3) is 55.0 Å². The Bertz CT molecular complexity index is 1610. The van der Waals surface area contributed by atoms with Gasteiger partial charge >= 0.3 is 0 Å². The molecule has 3 nitrogen and oxygen atoms in total. The van der Waals surface area contributed by atoms with Crippen molar-refractivity contribution in [2.75, 3.05) is 0 Å². The van der Waals surface area contributed by atoms with Crippen LogP contribution >= 0.6 is 0 Å². The van der Waals surface area contributed by atoms with Gasteiger partial charge in [-0.25, -0.2) is 0 Å². The SMILES string of the molecule is Cc1ccc2cc(-c3ccnc(-c4cc5ccoc5c5ncc(C)cc45)c3)ccc2c1. The van der Waals surface area contributed by atoms with E-state index < -0.39 is 0 Å². The zero-order chi connectivity index (χ0) is 20.9. The molecule has 0 aliphatic heterocycles. The number of aryl methyl sites for hydroxylation is 2. The summed E-state index contributed by atoms with van der Waals surface area (Å²) < 4.78 is 5.72. The fraction of sp³-hybridized carbons (Fsp3) is 0.0714. The third-order valence-corrected chi connectivity index (χ3v) is 5.89. The lowest BCUT2D eigenvalue weighted by Crippen LogP contribution is -1.90. The molecule has 3 aromatic carbocycles. The minimum absolute atomic E-state index is 0.819. The van der Waals surface area contributed by atoms with Crippen LogP contribution in [0.2, 0.25) is 0 Å². The van der Waals surface area contributed by atoms with Crippen molar-refractivity contribution in [3.63, 3.8) is 0 Å². The van der Waals surface area contributed by atoms with E-state index >= 15 is 0 Å². The summed E-state index contributed by atoms with van der Waals surface area (Å²) in [5.41, 5.74) is 8.41. The number of benzene rings is 3. The summed E-state index contributed by atoms with van der Waals surface area (Å²) in [6.45, 7) is 4.18. The minimum Gasteiger partial charge on any atom is -0.462 e. The van der Waals surface area contributed by atoms with Gasteiger partial charge in [-0.15, -0.1) is 0 Å². The van der Waals surface area contributed by atoms with Gasteiger partial charge in [0.05, 0.1) is 12.0 Å². The van der Waals surface area contributed by atoms with Crippen molar-refractivity contribution in [3.8, 4) is 22.4 Å². The van der Waals surface area contributed by atoms with Crippen LogP contribution in [0.1, 0.15) is 11.1 Å². The predicted molar refractivity (Wildman–Crippen MR) is 127 cm³/mol. The molecule has 3 heterocycles. The van der Waals surface area contributed by atoms with Gasteiger partial charge in [-0.3, -0.25) is 9.97 Å². The number of fused-ring (bicyclic) bond motifs is 4. The van der Waals surface area contributed by atoms with Crippen molar-refractivity contribution in [1.82, 2.24) is 9.97 Å². The minimum atomic E-state index is 0.819. The monoisotopic (exact) mass is 400 g/mol. The van der Waals surface area contributed by atoms with Gasteiger partial charge < -0.3 is 4.42 Å². The summed E-state index contributed by atoms with van der Waals surface area (Å²) in [5, 5.41) is 4.59. The molecule has 148 valence electrons. The summed E-state index contributed by atoms with van der Waals surface area (Å²) in [6, 6.07) is 23.7. The molecule has 0 atom stereocenters. The molecule has 6 rings (SSSR count). The molecule has 3 aromatic heterocycles. The van der Waals surface area contributed by atoms with Crippen molar-refractivity contribution < 1.29 is 4.42 Å². The zero-order valence-electron chi connectivity index (χ0n) is 17.4. The van der Waals surface area contributed by atoms with E-state index in [2.05, 4.69) is 79.5 Å². The second-order valence-electron chi connectivity index (χ2n) is 8.17. The Balaban J connectivity index is 1.55. The van der Waals surface area contributed by atoms with E-state index in [1.54, 1.807) is 6.26 Å². The fourth-order valence-corrected chi connectivity index (χ4v) is 4.33. The first-order valence-electron chi connectivity index (χ1n) is 10.4. The molecular weight excluding hydrogens is 380 g/mol. The van der Waals surface area contributed by atoms with Gasteiger partial charge in [0.2, 0.25) is 0 Å². The quantitative estimate of drug-likeness (QED) is 0.302. The van der Waals surface area contributed by atoms with E-state index in [4.69, 9.17) is 9.40 Å². The molecule has 0 saturated heterocycles. The topological polar surface area (TPSA) is 38.9 Å². The number of rotatable bonds is 2. The molecule has 0 aliphatic rings. The number of nitrogens with zero attached hydrogens (tertiary/aromatic N) is 2. The van der Waals surface area contributed by atoms with Gasteiger partial charge in [0, 0.05) is 28.7 Å². The Hall–Kier alpha value is -3.98.